The third-order valence-electron chi connectivity index (χ3n) is 7.51. The zero-order valence-electron chi connectivity index (χ0n) is 26.1. The summed E-state index contributed by atoms with van der Waals surface area (Å²) in [6.45, 7) is 7.70. The zero-order valence-corrected chi connectivity index (χ0v) is 27.7. The first kappa shape index (κ1) is 33.7. The Labute approximate surface area is 271 Å². The highest BCUT2D eigenvalue weighted by atomic mass is 35.5. The highest BCUT2D eigenvalue weighted by Crippen LogP contribution is 2.31. The summed E-state index contributed by atoms with van der Waals surface area (Å²) in [5, 5.41) is 3.39. The van der Waals surface area contributed by atoms with Crippen molar-refractivity contribution in [1.82, 2.24) is 10.2 Å². The summed E-state index contributed by atoms with van der Waals surface area (Å²) in [5.74, 6) is -0.620. The van der Waals surface area contributed by atoms with Crippen LogP contribution in [0.25, 0.3) is 0 Å². The molecule has 4 aromatic carbocycles. The number of sulfonamides is 1. The molecular weight excluding hydrogens is 606 g/mol. The van der Waals surface area contributed by atoms with Gasteiger partial charge in [0.15, 0.2) is 0 Å². The summed E-state index contributed by atoms with van der Waals surface area (Å²) in [4.78, 5) is 30.0. The van der Waals surface area contributed by atoms with Crippen molar-refractivity contribution in [2.45, 2.75) is 51.6 Å². The lowest BCUT2D eigenvalue weighted by molar-refractivity contribution is -0.140. The van der Waals surface area contributed by atoms with Crippen molar-refractivity contribution in [1.29, 1.82) is 0 Å². The number of carbonyl (C=O) groups excluding carboxylic acids is 2. The van der Waals surface area contributed by atoms with E-state index in [1.807, 2.05) is 75.4 Å². The number of halogens is 1. The Bertz CT molecular complexity index is 1710. The average molecular weight is 646 g/mol. The van der Waals surface area contributed by atoms with E-state index in [1.165, 1.54) is 17.0 Å². The van der Waals surface area contributed by atoms with E-state index in [-0.39, 0.29) is 29.7 Å². The van der Waals surface area contributed by atoms with Gasteiger partial charge in [-0.05, 0) is 60.7 Å². The second-order valence-corrected chi connectivity index (χ2v) is 13.8. The molecule has 9 heteroatoms. The van der Waals surface area contributed by atoms with Gasteiger partial charge in [-0.3, -0.25) is 13.9 Å². The van der Waals surface area contributed by atoms with Crippen molar-refractivity contribution in [2.24, 2.45) is 5.92 Å². The van der Waals surface area contributed by atoms with Gasteiger partial charge in [-0.2, -0.15) is 0 Å². The number of rotatable bonds is 13. The molecule has 0 aliphatic heterocycles. The molecule has 0 bridgehead atoms. The molecule has 4 aromatic rings. The molecule has 1 atom stereocenters. The Hall–Kier alpha value is -4.14. The van der Waals surface area contributed by atoms with E-state index in [1.54, 1.807) is 43.3 Å². The van der Waals surface area contributed by atoms with Crippen LogP contribution >= 0.6 is 11.6 Å². The molecule has 4 rings (SSSR count). The van der Waals surface area contributed by atoms with Crippen molar-refractivity contribution in [3.63, 3.8) is 0 Å². The minimum Gasteiger partial charge on any atom is -0.354 e. The minimum atomic E-state index is -4.20. The van der Waals surface area contributed by atoms with Gasteiger partial charge < -0.3 is 10.2 Å². The molecule has 2 amide bonds. The van der Waals surface area contributed by atoms with Crippen LogP contribution in [0, 0.1) is 19.8 Å². The summed E-state index contributed by atoms with van der Waals surface area (Å²) in [5.41, 5.74) is 3.52. The van der Waals surface area contributed by atoms with Crippen LogP contribution in [0.1, 0.15) is 36.1 Å². The standard InChI is InChI=1S/C36H40ClN3O4S/c1-26(2)23-38-36(42)34(22-29-14-7-5-8-15-29)39(24-30-16-11-13-27(3)21-30)35(41)25-40(33-20-12-19-32(37)28(33)4)45(43,44)31-17-9-6-10-18-31/h5-21,26,34H,22-25H2,1-4H3,(H,38,42). The van der Waals surface area contributed by atoms with E-state index >= 15 is 0 Å². The first-order chi connectivity index (χ1) is 21.5. The van der Waals surface area contributed by atoms with Gasteiger partial charge in [0, 0.05) is 24.5 Å². The van der Waals surface area contributed by atoms with Gasteiger partial charge in [-0.1, -0.05) is 110 Å². The first-order valence-electron chi connectivity index (χ1n) is 15.0. The molecule has 0 aliphatic carbocycles. The highest BCUT2D eigenvalue weighted by Gasteiger charge is 2.35. The number of amides is 2. The summed E-state index contributed by atoms with van der Waals surface area (Å²) in [7, 11) is -4.20. The van der Waals surface area contributed by atoms with Crippen molar-refractivity contribution < 1.29 is 18.0 Å². The lowest BCUT2D eigenvalue weighted by atomic mass is 10.0. The number of aryl methyl sites for hydroxylation is 1. The molecule has 45 heavy (non-hydrogen) atoms. The molecule has 0 saturated carbocycles. The molecule has 0 saturated heterocycles. The minimum absolute atomic E-state index is 0.0397. The van der Waals surface area contributed by atoms with Gasteiger partial charge in [0.25, 0.3) is 10.0 Å². The smallest absolute Gasteiger partial charge is 0.264 e. The normalized spacial score (nSPS) is 12.0. The zero-order chi connectivity index (χ0) is 32.6. The van der Waals surface area contributed by atoms with Crippen molar-refractivity contribution >= 4 is 39.1 Å². The largest absolute Gasteiger partial charge is 0.354 e. The number of carbonyl (C=O) groups is 2. The van der Waals surface area contributed by atoms with E-state index in [0.717, 1.165) is 21.0 Å². The summed E-state index contributed by atoms with van der Waals surface area (Å²) in [6.07, 6.45) is 0.254. The van der Waals surface area contributed by atoms with E-state index in [0.29, 0.717) is 22.8 Å². The monoisotopic (exact) mass is 645 g/mol. The van der Waals surface area contributed by atoms with E-state index in [4.69, 9.17) is 11.6 Å². The second kappa shape index (κ2) is 15.2. The Balaban J connectivity index is 1.82. The molecule has 0 spiro atoms. The number of nitrogens with zero attached hydrogens (tertiary/aromatic N) is 2. The second-order valence-electron chi connectivity index (χ2n) is 11.6. The van der Waals surface area contributed by atoms with Gasteiger partial charge in [-0.25, -0.2) is 8.42 Å². The van der Waals surface area contributed by atoms with Crippen LogP contribution in [-0.4, -0.2) is 44.3 Å². The fourth-order valence-corrected chi connectivity index (χ4v) is 6.75. The maximum atomic E-state index is 14.6. The lowest BCUT2D eigenvalue weighted by Crippen LogP contribution is -2.53. The van der Waals surface area contributed by atoms with E-state index < -0.39 is 28.5 Å². The molecule has 0 fully saturated rings. The number of benzene rings is 4. The fraction of sp³-hybridized carbons (Fsp3) is 0.278. The SMILES string of the molecule is Cc1cccc(CN(C(=O)CN(c2cccc(Cl)c2C)S(=O)(=O)c2ccccc2)C(Cc2ccccc2)C(=O)NCC(C)C)c1. The predicted octanol–water partition coefficient (Wildman–Crippen LogP) is 6.56. The molecular formula is C36H40ClN3O4S. The molecule has 0 aromatic heterocycles. The molecule has 0 aliphatic rings. The van der Waals surface area contributed by atoms with Gasteiger partial charge in [0.05, 0.1) is 10.6 Å². The molecule has 1 unspecified atom stereocenters. The van der Waals surface area contributed by atoms with Crippen molar-refractivity contribution in [3.8, 4) is 0 Å². The van der Waals surface area contributed by atoms with Gasteiger partial charge in [0.2, 0.25) is 11.8 Å². The predicted molar refractivity (Wildman–Crippen MR) is 181 cm³/mol. The Morgan fingerprint density at radius 3 is 2.09 bits per heavy atom. The molecule has 1 N–H and O–H groups in total. The van der Waals surface area contributed by atoms with E-state index in [9.17, 15) is 18.0 Å². The first-order valence-corrected chi connectivity index (χ1v) is 16.8. The van der Waals surface area contributed by atoms with Gasteiger partial charge in [-0.15, -0.1) is 0 Å². The maximum absolute atomic E-state index is 14.6. The summed E-state index contributed by atoms with van der Waals surface area (Å²) < 4.78 is 29.4. The van der Waals surface area contributed by atoms with Crippen molar-refractivity contribution in [3.05, 3.63) is 130 Å². The van der Waals surface area contributed by atoms with Gasteiger partial charge >= 0.3 is 0 Å². The topological polar surface area (TPSA) is 86.8 Å². The van der Waals surface area contributed by atoms with Crippen LogP contribution < -0.4 is 9.62 Å². The molecule has 236 valence electrons. The molecule has 7 nitrogen and oxygen atoms in total. The third-order valence-corrected chi connectivity index (χ3v) is 9.69. The Morgan fingerprint density at radius 2 is 1.44 bits per heavy atom. The van der Waals surface area contributed by atoms with Crippen molar-refractivity contribution in [2.75, 3.05) is 17.4 Å². The van der Waals surface area contributed by atoms with Crippen LogP contribution in [-0.2, 0) is 32.6 Å². The molecule has 0 heterocycles. The van der Waals surface area contributed by atoms with E-state index in [2.05, 4.69) is 5.32 Å². The van der Waals surface area contributed by atoms with Crippen LogP contribution in [0.3, 0.4) is 0 Å². The highest BCUT2D eigenvalue weighted by molar-refractivity contribution is 7.92. The van der Waals surface area contributed by atoms with Crippen LogP contribution in [0.2, 0.25) is 5.02 Å². The average Bonchev–Trinajstić information content (AvgIpc) is 3.02. The van der Waals surface area contributed by atoms with Crippen LogP contribution in [0.15, 0.2) is 108 Å². The van der Waals surface area contributed by atoms with Gasteiger partial charge in [0.1, 0.15) is 12.6 Å². The number of nitrogens with one attached hydrogen (secondary N) is 1. The Morgan fingerprint density at radius 1 is 0.822 bits per heavy atom. The van der Waals surface area contributed by atoms with Crippen LogP contribution in [0.5, 0.6) is 0 Å². The summed E-state index contributed by atoms with van der Waals surface area (Å²) >= 11 is 6.45. The lowest BCUT2D eigenvalue weighted by Gasteiger charge is -2.34. The fourth-order valence-electron chi connectivity index (χ4n) is 5.08. The maximum Gasteiger partial charge on any atom is 0.264 e. The number of anilines is 1. The summed E-state index contributed by atoms with van der Waals surface area (Å²) in [6, 6.07) is 29.3. The number of hydrogen-bond donors (Lipinski definition) is 1. The third kappa shape index (κ3) is 8.74. The van der Waals surface area contributed by atoms with Crippen LogP contribution in [0.4, 0.5) is 5.69 Å². The number of hydrogen-bond acceptors (Lipinski definition) is 4. The quantitative estimate of drug-likeness (QED) is 0.178. The molecule has 0 radical (unpaired) electrons. The Kier molecular flexibility index (Phi) is 11.4.